The molecule has 0 aliphatic rings. The van der Waals surface area contributed by atoms with Gasteiger partial charge < -0.3 is 11.1 Å². The lowest BCUT2D eigenvalue weighted by Crippen LogP contribution is -2.38. The van der Waals surface area contributed by atoms with Gasteiger partial charge in [0, 0.05) is 17.3 Å². The maximum Gasteiger partial charge on any atom is 0.179 e. The van der Waals surface area contributed by atoms with Crippen LogP contribution < -0.4 is 11.1 Å². The summed E-state index contributed by atoms with van der Waals surface area (Å²) in [6.45, 7) is 5.91. The number of carbonyl (C=O) groups is 1. The first kappa shape index (κ1) is 11.7. The monoisotopic (exact) mass is 206 g/mol. The Hall–Kier alpha value is -1.35. The Bertz CT molecular complexity index is 330. The predicted octanol–water partition coefficient (Wildman–Crippen LogP) is 1.84. The number of nitrogens with one attached hydrogen (secondary N) is 1. The molecule has 0 bridgehead atoms. The number of benzene rings is 1. The molecule has 82 valence electrons. The van der Waals surface area contributed by atoms with Gasteiger partial charge in [0.15, 0.2) is 5.78 Å². The molecule has 3 heteroatoms. The molecule has 1 atom stereocenters. The molecule has 0 amide bonds. The molecular weight excluding hydrogens is 188 g/mol. The van der Waals surface area contributed by atoms with Crippen LogP contribution in [-0.2, 0) is 0 Å². The lowest BCUT2D eigenvalue weighted by atomic mass is 10.0. The van der Waals surface area contributed by atoms with Crippen LogP contribution in [0.25, 0.3) is 0 Å². The maximum atomic E-state index is 11.9. The highest BCUT2D eigenvalue weighted by atomic mass is 16.1. The summed E-state index contributed by atoms with van der Waals surface area (Å²) in [6, 6.07) is 7.16. The van der Waals surface area contributed by atoms with Gasteiger partial charge in [-0.05, 0) is 31.2 Å². The van der Waals surface area contributed by atoms with Crippen LogP contribution in [0, 0.1) is 0 Å². The second kappa shape index (κ2) is 4.94. The molecule has 0 saturated carbocycles. The van der Waals surface area contributed by atoms with Crippen LogP contribution in [0.1, 0.15) is 31.1 Å². The van der Waals surface area contributed by atoms with Gasteiger partial charge in [-0.15, -0.1) is 0 Å². The number of hydrogen-bond acceptors (Lipinski definition) is 3. The second-order valence-electron chi connectivity index (χ2n) is 4.03. The summed E-state index contributed by atoms with van der Waals surface area (Å²) in [4.78, 5) is 11.9. The van der Waals surface area contributed by atoms with Crippen molar-refractivity contribution in [2.75, 3.05) is 5.73 Å². The average molecular weight is 206 g/mol. The Morgan fingerprint density at radius 3 is 2.20 bits per heavy atom. The fraction of sp³-hybridized carbons (Fsp3) is 0.417. The quantitative estimate of drug-likeness (QED) is 0.584. The zero-order chi connectivity index (χ0) is 11.4. The molecule has 0 heterocycles. The van der Waals surface area contributed by atoms with Gasteiger partial charge in [0.05, 0.1) is 6.04 Å². The third-order valence-electron chi connectivity index (χ3n) is 2.17. The van der Waals surface area contributed by atoms with E-state index in [1.54, 1.807) is 24.3 Å². The molecule has 1 aromatic carbocycles. The average Bonchev–Trinajstić information content (AvgIpc) is 2.17. The van der Waals surface area contributed by atoms with Crippen LogP contribution in [0.5, 0.6) is 0 Å². The molecule has 1 rings (SSSR count). The number of ketones is 1. The molecule has 0 saturated heterocycles. The number of anilines is 1. The summed E-state index contributed by atoms with van der Waals surface area (Å²) >= 11 is 0. The van der Waals surface area contributed by atoms with E-state index in [4.69, 9.17) is 5.73 Å². The molecule has 1 unspecified atom stereocenters. The lowest BCUT2D eigenvalue weighted by molar-refractivity contribution is 0.0946. The molecule has 3 N–H and O–H groups in total. The Morgan fingerprint density at radius 1 is 1.20 bits per heavy atom. The van der Waals surface area contributed by atoms with Crippen molar-refractivity contribution in [1.82, 2.24) is 5.32 Å². The van der Waals surface area contributed by atoms with E-state index in [-0.39, 0.29) is 11.8 Å². The smallest absolute Gasteiger partial charge is 0.179 e. The SMILES string of the molecule is CC(C)NC(C)C(=O)c1ccc(N)cc1. The lowest BCUT2D eigenvalue weighted by Gasteiger charge is -2.15. The van der Waals surface area contributed by atoms with E-state index in [2.05, 4.69) is 5.32 Å². The van der Waals surface area contributed by atoms with E-state index >= 15 is 0 Å². The van der Waals surface area contributed by atoms with Crippen LogP contribution in [0.15, 0.2) is 24.3 Å². The van der Waals surface area contributed by atoms with Crippen molar-refractivity contribution in [3.63, 3.8) is 0 Å². The molecule has 0 radical (unpaired) electrons. The molecule has 15 heavy (non-hydrogen) atoms. The molecular formula is C12H18N2O. The largest absolute Gasteiger partial charge is 0.399 e. The predicted molar refractivity (Wildman–Crippen MR) is 62.9 cm³/mol. The van der Waals surface area contributed by atoms with Crippen molar-refractivity contribution in [3.8, 4) is 0 Å². The number of nitrogen functional groups attached to an aromatic ring is 1. The first-order valence-corrected chi connectivity index (χ1v) is 5.16. The topological polar surface area (TPSA) is 55.1 Å². The highest BCUT2D eigenvalue weighted by molar-refractivity contribution is 6.00. The second-order valence-corrected chi connectivity index (χ2v) is 4.03. The zero-order valence-electron chi connectivity index (χ0n) is 9.45. The van der Waals surface area contributed by atoms with E-state index in [9.17, 15) is 4.79 Å². The van der Waals surface area contributed by atoms with Crippen molar-refractivity contribution in [2.45, 2.75) is 32.9 Å². The Labute approximate surface area is 90.7 Å². The van der Waals surface area contributed by atoms with Crippen molar-refractivity contribution < 1.29 is 4.79 Å². The van der Waals surface area contributed by atoms with Crippen LogP contribution in [0.2, 0.25) is 0 Å². The Morgan fingerprint density at radius 2 is 1.73 bits per heavy atom. The van der Waals surface area contributed by atoms with Gasteiger partial charge in [0.2, 0.25) is 0 Å². The van der Waals surface area contributed by atoms with Crippen molar-refractivity contribution >= 4 is 11.5 Å². The number of nitrogens with two attached hydrogens (primary N) is 1. The Kier molecular flexibility index (Phi) is 3.86. The maximum absolute atomic E-state index is 11.9. The van der Waals surface area contributed by atoms with E-state index in [1.165, 1.54) is 0 Å². The zero-order valence-corrected chi connectivity index (χ0v) is 9.45. The standard InChI is InChI=1S/C12H18N2O/c1-8(2)14-9(3)12(15)10-4-6-11(13)7-5-10/h4-9,14H,13H2,1-3H3. The fourth-order valence-electron chi connectivity index (χ4n) is 1.47. The van der Waals surface area contributed by atoms with Gasteiger partial charge in [0.1, 0.15) is 0 Å². The van der Waals surface area contributed by atoms with Crippen LogP contribution >= 0.6 is 0 Å². The summed E-state index contributed by atoms with van der Waals surface area (Å²) in [5, 5.41) is 3.17. The highest BCUT2D eigenvalue weighted by Gasteiger charge is 2.14. The first-order chi connectivity index (χ1) is 7.00. The van der Waals surface area contributed by atoms with Crippen LogP contribution in [0.4, 0.5) is 5.69 Å². The number of hydrogen-bond donors (Lipinski definition) is 2. The van der Waals surface area contributed by atoms with Gasteiger partial charge in [-0.25, -0.2) is 0 Å². The third-order valence-corrected chi connectivity index (χ3v) is 2.17. The third kappa shape index (κ3) is 3.36. The summed E-state index contributed by atoms with van der Waals surface area (Å²) in [5.41, 5.74) is 6.93. The summed E-state index contributed by atoms with van der Waals surface area (Å²) in [7, 11) is 0. The number of carbonyl (C=O) groups excluding carboxylic acids is 1. The summed E-state index contributed by atoms with van der Waals surface area (Å²) < 4.78 is 0. The van der Waals surface area contributed by atoms with Crippen molar-refractivity contribution in [2.24, 2.45) is 0 Å². The molecule has 0 aliphatic carbocycles. The Balaban J connectivity index is 2.72. The van der Waals surface area contributed by atoms with Crippen molar-refractivity contribution in [3.05, 3.63) is 29.8 Å². The van der Waals surface area contributed by atoms with Crippen molar-refractivity contribution in [1.29, 1.82) is 0 Å². The van der Waals surface area contributed by atoms with Gasteiger partial charge in [-0.3, -0.25) is 4.79 Å². The molecule has 0 aromatic heterocycles. The van der Waals surface area contributed by atoms with E-state index < -0.39 is 0 Å². The fourth-order valence-corrected chi connectivity index (χ4v) is 1.47. The summed E-state index contributed by atoms with van der Waals surface area (Å²) in [5.74, 6) is 0.101. The van der Waals surface area contributed by atoms with E-state index in [0.717, 1.165) is 0 Å². The summed E-state index contributed by atoms with van der Waals surface area (Å²) in [6.07, 6.45) is 0. The van der Waals surface area contributed by atoms with E-state index in [1.807, 2.05) is 20.8 Å². The minimum Gasteiger partial charge on any atom is -0.399 e. The van der Waals surface area contributed by atoms with Gasteiger partial charge in [-0.1, -0.05) is 13.8 Å². The number of rotatable bonds is 4. The van der Waals surface area contributed by atoms with E-state index in [0.29, 0.717) is 17.3 Å². The first-order valence-electron chi connectivity index (χ1n) is 5.16. The van der Waals surface area contributed by atoms with Crippen LogP contribution in [0.3, 0.4) is 0 Å². The molecule has 3 nitrogen and oxygen atoms in total. The molecule has 0 aliphatic heterocycles. The molecule has 0 fully saturated rings. The van der Waals surface area contributed by atoms with Gasteiger partial charge >= 0.3 is 0 Å². The number of Topliss-reactive ketones (excluding diaryl/α,β-unsaturated/α-hetero) is 1. The molecule has 1 aromatic rings. The highest BCUT2D eigenvalue weighted by Crippen LogP contribution is 2.08. The normalized spacial score (nSPS) is 12.8. The molecule has 0 spiro atoms. The van der Waals surface area contributed by atoms with Crippen LogP contribution in [-0.4, -0.2) is 17.9 Å². The minimum atomic E-state index is -0.159. The van der Waals surface area contributed by atoms with Gasteiger partial charge in [-0.2, -0.15) is 0 Å². The van der Waals surface area contributed by atoms with Gasteiger partial charge in [0.25, 0.3) is 0 Å². The minimum absolute atomic E-state index is 0.101.